The Bertz CT molecular complexity index is 1110. The summed E-state index contributed by atoms with van der Waals surface area (Å²) < 4.78 is 17.1. The van der Waals surface area contributed by atoms with E-state index >= 15 is 0 Å². The maximum atomic E-state index is 12.2. The van der Waals surface area contributed by atoms with Crippen LogP contribution in [0.2, 0.25) is 0 Å². The molecule has 0 aliphatic heterocycles. The van der Waals surface area contributed by atoms with Crippen molar-refractivity contribution in [1.82, 2.24) is 10.1 Å². The number of carbonyl (C=O) groups excluding carboxylic acids is 1. The molecule has 7 heteroatoms. The van der Waals surface area contributed by atoms with Crippen LogP contribution in [0, 0.1) is 0 Å². The van der Waals surface area contributed by atoms with Gasteiger partial charge in [-0.05, 0) is 24.3 Å². The first-order valence-electron chi connectivity index (χ1n) is 8.75. The number of ether oxygens (including phenoxy) is 2. The van der Waals surface area contributed by atoms with Crippen LogP contribution in [0.25, 0.3) is 11.3 Å². The third-order valence-corrected chi connectivity index (χ3v) is 4.68. The monoisotopic (exact) mass is 450 g/mol. The molecule has 0 amide bonds. The Balaban J connectivity index is 1.36. The highest BCUT2D eigenvalue weighted by Gasteiger charge is 2.13. The van der Waals surface area contributed by atoms with Gasteiger partial charge in [0, 0.05) is 28.4 Å². The van der Waals surface area contributed by atoms with E-state index in [-0.39, 0.29) is 6.61 Å². The molecule has 0 unspecified atom stereocenters. The minimum atomic E-state index is -0.511. The Morgan fingerprint density at radius 3 is 2.55 bits per heavy atom. The van der Waals surface area contributed by atoms with Crippen LogP contribution in [-0.2, 0) is 11.3 Å². The summed E-state index contributed by atoms with van der Waals surface area (Å²) in [6.45, 7) is -0.0292. The molecule has 4 aromatic rings. The van der Waals surface area contributed by atoms with Crippen molar-refractivity contribution in [3.63, 3.8) is 0 Å². The van der Waals surface area contributed by atoms with E-state index in [1.165, 1.54) is 6.20 Å². The second kappa shape index (κ2) is 8.70. The molecule has 0 atom stereocenters. The standard InChI is InChI=1S/C22H15BrN2O4/c23-19-9-5-4-8-18(19)20-12-17(29-25-20)14-27-22(26)15-10-11-21(24-13-15)28-16-6-2-1-3-7-16/h1-13H,14H2. The van der Waals surface area contributed by atoms with E-state index in [4.69, 9.17) is 14.0 Å². The summed E-state index contributed by atoms with van der Waals surface area (Å²) in [4.78, 5) is 16.4. The molecular formula is C22H15BrN2O4. The predicted molar refractivity (Wildman–Crippen MR) is 110 cm³/mol. The van der Waals surface area contributed by atoms with Gasteiger partial charge in [0.15, 0.2) is 12.4 Å². The zero-order valence-electron chi connectivity index (χ0n) is 15.1. The van der Waals surface area contributed by atoms with Crippen LogP contribution in [0.1, 0.15) is 16.1 Å². The van der Waals surface area contributed by atoms with E-state index in [0.29, 0.717) is 28.6 Å². The molecule has 0 saturated heterocycles. The maximum absolute atomic E-state index is 12.2. The molecular weight excluding hydrogens is 436 g/mol. The van der Waals surface area contributed by atoms with E-state index in [1.807, 2.05) is 54.6 Å². The van der Waals surface area contributed by atoms with Crippen LogP contribution in [0.4, 0.5) is 0 Å². The summed E-state index contributed by atoms with van der Waals surface area (Å²) in [5, 5.41) is 4.02. The third kappa shape index (κ3) is 4.70. The number of nitrogens with zero attached hydrogens (tertiary/aromatic N) is 2. The molecule has 0 aliphatic carbocycles. The summed E-state index contributed by atoms with van der Waals surface area (Å²) in [5.74, 6) is 0.992. The largest absolute Gasteiger partial charge is 0.454 e. The highest BCUT2D eigenvalue weighted by Crippen LogP contribution is 2.27. The van der Waals surface area contributed by atoms with Gasteiger partial charge in [0.1, 0.15) is 11.4 Å². The van der Waals surface area contributed by atoms with Crippen LogP contribution < -0.4 is 4.74 Å². The first kappa shape index (κ1) is 18.9. The lowest BCUT2D eigenvalue weighted by atomic mass is 10.1. The Morgan fingerprint density at radius 1 is 1.00 bits per heavy atom. The van der Waals surface area contributed by atoms with Crippen molar-refractivity contribution < 1.29 is 18.8 Å². The van der Waals surface area contributed by atoms with Crippen molar-refractivity contribution in [1.29, 1.82) is 0 Å². The Kier molecular flexibility index (Phi) is 5.67. The number of halogens is 1. The van der Waals surface area contributed by atoms with Crippen LogP contribution in [0.3, 0.4) is 0 Å². The summed E-state index contributed by atoms with van der Waals surface area (Å²) in [6, 6.07) is 21.9. The minimum Gasteiger partial charge on any atom is -0.454 e. The van der Waals surface area contributed by atoms with E-state index in [9.17, 15) is 4.79 Å². The molecule has 0 aliphatic rings. The van der Waals surface area contributed by atoms with Gasteiger partial charge in [0.05, 0.1) is 5.56 Å². The molecule has 0 saturated carbocycles. The van der Waals surface area contributed by atoms with Crippen molar-refractivity contribution in [3.05, 3.63) is 94.8 Å². The van der Waals surface area contributed by atoms with E-state index in [2.05, 4.69) is 26.1 Å². The quantitative estimate of drug-likeness (QED) is 0.353. The predicted octanol–water partition coefficient (Wildman–Crippen LogP) is 5.65. The molecule has 6 nitrogen and oxygen atoms in total. The van der Waals surface area contributed by atoms with Crippen molar-refractivity contribution >= 4 is 21.9 Å². The van der Waals surface area contributed by atoms with Gasteiger partial charge in [-0.2, -0.15) is 0 Å². The van der Waals surface area contributed by atoms with Gasteiger partial charge in [-0.1, -0.05) is 57.5 Å². The van der Waals surface area contributed by atoms with Crippen LogP contribution in [0.5, 0.6) is 11.6 Å². The van der Waals surface area contributed by atoms with Crippen molar-refractivity contribution in [2.75, 3.05) is 0 Å². The van der Waals surface area contributed by atoms with E-state index in [1.54, 1.807) is 18.2 Å². The molecule has 0 N–H and O–H groups in total. The molecule has 0 spiro atoms. The lowest BCUT2D eigenvalue weighted by Gasteiger charge is -2.05. The molecule has 2 heterocycles. The second-order valence-corrected chi connectivity index (χ2v) is 6.89. The van der Waals surface area contributed by atoms with Crippen molar-refractivity contribution in [2.24, 2.45) is 0 Å². The first-order chi connectivity index (χ1) is 14.2. The Labute approximate surface area is 175 Å². The van der Waals surface area contributed by atoms with Crippen LogP contribution in [0.15, 0.2) is 88.0 Å². The number of rotatable bonds is 6. The summed E-state index contributed by atoms with van der Waals surface area (Å²) in [7, 11) is 0. The van der Waals surface area contributed by atoms with Gasteiger partial charge in [0.2, 0.25) is 5.88 Å². The number of esters is 1. The molecule has 4 rings (SSSR count). The normalized spacial score (nSPS) is 10.5. The number of hydrogen-bond acceptors (Lipinski definition) is 6. The summed E-state index contributed by atoms with van der Waals surface area (Å²) in [6.07, 6.45) is 1.41. The summed E-state index contributed by atoms with van der Waals surface area (Å²) in [5.41, 5.74) is 1.87. The van der Waals surface area contributed by atoms with Crippen LogP contribution >= 0.6 is 15.9 Å². The number of para-hydroxylation sites is 1. The number of benzene rings is 2. The average Bonchev–Trinajstić information content (AvgIpc) is 3.22. The topological polar surface area (TPSA) is 74.5 Å². The maximum Gasteiger partial charge on any atom is 0.340 e. The highest BCUT2D eigenvalue weighted by molar-refractivity contribution is 9.10. The molecule has 2 aromatic heterocycles. The SMILES string of the molecule is O=C(OCc1cc(-c2ccccc2Br)no1)c1ccc(Oc2ccccc2)nc1. The summed E-state index contributed by atoms with van der Waals surface area (Å²) >= 11 is 3.48. The van der Waals surface area contributed by atoms with Gasteiger partial charge in [-0.25, -0.2) is 9.78 Å². The van der Waals surface area contributed by atoms with Crippen molar-refractivity contribution in [2.45, 2.75) is 6.61 Å². The van der Waals surface area contributed by atoms with Crippen molar-refractivity contribution in [3.8, 4) is 22.9 Å². The second-order valence-electron chi connectivity index (χ2n) is 6.03. The van der Waals surface area contributed by atoms with Gasteiger partial charge < -0.3 is 14.0 Å². The van der Waals surface area contributed by atoms with Crippen LogP contribution in [-0.4, -0.2) is 16.1 Å². The molecule has 0 bridgehead atoms. The number of carbonyl (C=O) groups is 1. The fraction of sp³-hybridized carbons (Fsp3) is 0.0455. The van der Waals surface area contributed by atoms with E-state index in [0.717, 1.165) is 10.0 Å². The Morgan fingerprint density at radius 2 is 1.79 bits per heavy atom. The molecule has 0 radical (unpaired) electrons. The molecule has 0 fully saturated rings. The lowest BCUT2D eigenvalue weighted by molar-refractivity contribution is 0.0437. The van der Waals surface area contributed by atoms with Gasteiger partial charge in [-0.3, -0.25) is 0 Å². The molecule has 2 aromatic carbocycles. The minimum absolute atomic E-state index is 0.0292. The zero-order valence-corrected chi connectivity index (χ0v) is 16.7. The molecule has 144 valence electrons. The van der Waals surface area contributed by atoms with Gasteiger partial charge >= 0.3 is 5.97 Å². The number of aromatic nitrogens is 2. The highest BCUT2D eigenvalue weighted by atomic mass is 79.9. The van der Waals surface area contributed by atoms with E-state index < -0.39 is 5.97 Å². The first-order valence-corrected chi connectivity index (χ1v) is 9.55. The average molecular weight is 451 g/mol. The lowest BCUT2D eigenvalue weighted by Crippen LogP contribution is -2.05. The number of hydrogen-bond donors (Lipinski definition) is 0. The zero-order chi connectivity index (χ0) is 20.1. The smallest absolute Gasteiger partial charge is 0.340 e. The van der Waals surface area contributed by atoms with Gasteiger partial charge in [-0.15, -0.1) is 0 Å². The molecule has 29 heavy (non-hydrogen) atoms. The number of pyridine rings is 1. The fourth-order valence-corrected chi connectivity index (χ4v) is 3.06. The Hall–Kier alpha value is -3.45. The third-order valence-electron chi connectivity index (χ3n) is 3.99. The fourth-order valence-electron chi connectivity index (χ4n) is 2.57. The van der Waals surface area contributed by atoms with Gasteiger partial charge in [0.25, 0.3) is 0 Å².